The number of rotatable bonds is 2. The van der Waals surface area contributed by atoms with E-state index in [0.717, 1.165) is 28.5 Å². The number of hydrogen-bond acceptors (Lipinski definition) is 3. The van der Waals surface area contributed by atoms with Crippen molar-refractivity contribution in [2.24, 2.45) is 7.05 Å². The van der Waals surface area contributed by atoms with E-state index in [2.05, 4.69) is 10.3 Å². The van der Waals surface area contributed by atoms with Crippen LogP contribution in [-0.4, -0.2) is 16.6 Å². The van der Waals surface area contributed by atoms with E-state index in [9.17, 15) is 0 Å². The monoisotopic (exact) mass is 277 g/mol. The summed E-state index contributed by atoms with van der Waals surface area (Å²) in [5, 5.41) is 4.07. The molecular formula is C14H16ClN3O. The lowest BCUT2D eigenvalue weighted by Gasteiger charge is -2.32. The molecule has 0 aliphatic carbocycles. The van der Waals surface area contributed by atoms with Crippen LogP contribution in [0.4, 0.5) is 0 Å². The van der Waals surface area contributed by atoms with Gasteiger partial charge in [0.1, 0.15) is 11.9 Å². The van der Waals surface area contributed by atoms with Gasteiger partial charge in [0, 0.05) is 30.1 Å². The number of aromatic nitrogens is 2. The van der Waals surface area contributed by atoms with Crippen molar-refractivity contribution in [2.75, 3.05) is 7.05 Å². The minimum Gasteiger partial charge on any atom is -0.484 e. The average molecular weight is 278 g/mol. The third kappa shape index (κ3) is 2.22. The van der Waals surface area contributed by atoms with E-state index in [1.807, 2.05) is 43.1 Å². The number of hydrogen-bond donors (Lipinski definition) is 1. The lowest BCUT2D eigenvalue weighted by atomic mass is 9.95. The Morgan fingerprint density at radius 2 is 2.32 bits per heavy atom. The minimum absolute atomic E-state index is 0.0126. The summed E-state index contributed by atoms with van der Waals surface area (Å²) in [4.78, 5) is 4.16. The molecule has 1 aliphatic heterocycles. The van der Waals surface area contributed by atoms with E-state index in [1.165, 1.54) is 0 Å². The molecule has 0 saturated heterocycles. The quantitative estimate of drug-likeness (QED) is 0.917. The Bertz CT molecular complexity index is 596. The van der Waals surface area contributed by atoms with Crippen LogP contribution in [0.1, 0.15) is 29.8 Å². The second-order valence-corrected chi connectivity index (χ2v) is 5.23. The number of ether oxygens (including phenoxy) is 1. The van der Waals surface area contributed by atoms with Crippen molar-refractivity contribution < 1.29 is 4.74 Å². The van der Waals surface area contributed by atoms with Crippen LogP contribution in [0.3, 0.4) is 0 Å². The molecule has 0 fully saturated rings. The SMILES string of the molecule is CNC1CC(c2cncn2C)Oc2ccc(Cl)cc21. The van der Waals surface area contributed by atoms with Gasteiger partial charge in [-0.05, 0) is 25.2 Å². The van der Waals surface area contributed by atoms with Crippen LogP contribution in [0, 0.1) is 0 Å². The molecule has 0 amide bonds. The fraction of sp³-hybridized carbons (Fsp3) is 0.357. The molecule has 0 spiro atoms. The molecule has 1 N–H and O–H groups in total. The van der Waals surface area contributed by atoms with Crippen molar-refractivity contribution in [3.05, 3.63) is 47.0 Å². The Kier molecular flexibility index (Phi) is 3.21. The summed E-state index contributed by atoms with van der Waals surface area (Å²) in [6, 6.07) is 6.00. The molecule has 3 rings (SSSR count). The zero-order valence-electron chi connectivity index (χ0n) is 10.9. The van der Waals surface area contributed by atoms with Crippen molar-refractivity contribution in [1.82, 2.24) is 14.9 Å². The third-order valence-corrected chi connectivity index (χ3v) is 3.83. The number of nitrogens with zero attached hydrogens (tertiary/aromatic N) is 2. The molecule has 19 heavy (non-hydrogen) atoms. The molecule has 2 aromatic rings. The highest BCUT2D eigenvalue weighted by molar-refractivity contribution is 6.30. The fourth-order valence-corrected chi connectivity index (χ4v) is 2.75. The number of halogens is 1. The summed E-state index contributed by atoms with van der Waals surface area (Å²) in [5.74, 6) is 0.890. The van der Waals surface area contributed by atoms with Crippen LogP contribution in [0.5, 0.6) is 5.75 Å². The predicted molar refractivity (Wildman–Crippen MR) is 74.4 cm³/mol. The summed E-state index contributed by atoms with van der Waals surface area (Å²) in [6.07, 6.45) is 4.53. The second kappa shape index (κ2) is 4.87. The van der Waals surface area contributed by atoms with Crippen LogP contribution in [-0.2, 0) is 7.05 Å². The second-order valence-electron chi connectivity index (χ2n) is 4.80. The Labute approximate surface area is 117 Å². The van der Waals surface area contributed by atoms with Crippen molar-refractivity contribution in [2.45, 2.75) is 18.6 Å². The maximum Gasteiger partial charge on any atom is 0.142 e. The van der Waals surface area contributed by atoms with Gasteiger partial charge in [-0.25, -0.2) is 4.98 Å². The molecule has 5 heteroatoms. The number of imidazole rings is 1. The van der Waals surface area contributed by atoms with Gasteiger partial charge < -0.3 is 14.6 Å². The first-order chi connectivity index (χ1) is 9.19. The molecular weight excluding hydrogens is 262 g/mol. The van der Waals surface area contributed by atoms with Crippen molar-refractivity contribution in [3.63, 3.8) is 0 Å². The highest BCUT2D eigenvalue weighted by atomic mass is 35.5. The van der Waals surface area contributed by atoms with Crippen LogP contribution in [0.15, 0.2) is 30.7 Å². The normalized spacial score (nSPS) is 21.8. The fourth-order valence-electron chi connectivity index (χ4n) is 2.57. The van der Waals surface area contributed by atoms with Gasteiger partial charge in [0.15, 0.2) is 0 Å². The zero-order chi connectivity index (χ0) is 13.4. The van der Waals surface area contributed by atoms with E-state index < -0.39 is 0 Å². The Balaban J connectivity index is 1.98. The molecule has 2 heterocycles. The van der Waals surface area contributed by atoms with E-state index >= 15 is 0 Å². The predicted octanol–water partition coefficient (Wildman–Crippen LogP) is 2.86. The highest BCUT2D eigenvalue weighted by Crippen LogP contribution is 2.41. The van der Waals surface area contributed by atoms with Gasteiger partial charge in [0.25, 0.3) is 0 Å². The van der Waals surface area contributed by atoms with Gasteiger partial charge in [-0.1, -0.05) is 11.6 Å². The summed E-state index contributed by atoms with van der Waals surface area (Å²) >= 11 is 6.06. The molecule has 0 radical (unpaired) electrons. The maximum absolute atomic E-state index is 6.08. The summed E-state index contributed by atoms with van der Waals surface area (Å²) in [5.41, 5.74) is 2.20. The molecule has 1 aliphatic rings. The average Bonchev–Trinajstić information content (AvgIpc) is 2.84. The molecule has 2 atom stereocenters. The molecule has 2 unspecified atom stereocenters. The van der Waals surface area contributed by atoms with Crippen LogP contribution in [0.2, 0.25) is 5.02 Å². The van der Waals surface area contributed by atoms with Crippen LogP contribution < -0.4 is 10.1 Å². The van der Waals surface area contributed by atoms with Gasteiger partial charge in [-0.3, -0.25) is 0 Å². The molecule has 100 valence electrons. The van der Waals surface area contributed by atoms with Gasteiger partial charge in [-0.15, -0.1) is 0 Å². The molecule has 0 saturated carbocycles. The van der Waals surface area contributed by atoms with Crippen molar-refractivity contribution in [1.29, 1.82) is 0 Å². The zero-order valence-corrected chi connectivity index (χ0v) is 11.7. The minimum atomic E-state index is 0.0126. The Hall–Kier alpha value is -1.52. The van der Waals surface area contributed by atoms with E-state index in [-0.39, 0.29) is 12.1 Å². The van der Waals surface area contributed by atoms with Crippen molar-refractivity contribution in [3.8, 4) is 5.75 Å². The summed E-state index contributed by atoms with van der Waals surface area (Å²) in [7, 11) is 3.94. The van der Waals surface area contributed by atoms with Gasteiger partial charge in [0.05, 0.1) is 18.2 Å². The number of benzene rings is 1. The van der Waals surface area contributed by atoms with Gasteiger partial charge in [0.2, 0.25) is 0 Å². The van der Waals surface area contributed by atoms with Crippen molar-refractivity contribution >= 4 is 11.6 Å². The van der Waals surface area contributed by atoms with E-state index in [1.54, 1.807) is 6.33 Å². The van der Waals surface area contributed by atoms with Crippen LogP contribution in [0.25, 0.3) is 0 Å². The van der Waals surface area contributed by atoms with E-state index in [0.29, 0.717) is 0 Å². The molecule has 4 nitrogen and oxygen atoms in total. The number of fused-ring (bicyclic) bond motifs is 1. The topological polar surface area (TPSA) is 39.1 Å². The highest BCUT2D eigenvalue weighted by Gasteiger charge is 2.30. The van der Waals surface area contributed by atoms with E-state index in [4.69, 9.17) is 16.3 Å². The first kappa shape index (κ1) is 12.5. The summed E-state index contributed by atoms with van der Waals surface area (Å²) in [6.45, 7) is 0. The number of nitrogens with one attached hydrogen (secondary N) is 1. The maximum atomic E-state index is 6.08. The first-order valence-corrected chi connectivity index (χ1v) is 6.66. The number of aryl methyl sites for hydroxylation is 1. The Morgan fingerprint density at radius 3 is 3.00 bits per heavy atom. The standard InChI is InChI=1S/C14H16ClN3O/c1-16-11-6-14(12-7-17-8-18(12)2)19-13-4-3-9(15)5-10(11)13/h3-5,7-8,11,14,16H,6H2,1-2H3. The lowest BCUT2D eigenvalue weighted by Crippen LogP contribution is -2.27. The Morgan fingerprint density at radius 1 is 1.47 bits per heavy atom. The first-order valence-electron chi connectivity index (χ1n) is 6.28. The smallest absolute Gasteiger partial charge is 0.142 e. The van der Waals surface area contributed by atoms with Gasteiger partial charge >= 0.3 is 0 Å². The lowest BCUT2D eigenvalue weighted by molar-refractivity contribution is 0.147. The molecule has 1 aromatic carbocycles. The third-order valence-electron chi connectivity index (χ3n) is 3.60. The van der Waals surface area contributed by atoms with Gasteiger partial charge in [-0.2, -0.15) is 0 Å². The van der Waals surface area contributed by atoms with Crippen LogP contribution >= 0.6 is 11.6 Å². The molecule has 0 bridgehead atoms. The molecule has 1 aromatic heterocycles. The largest absolute Gasteiger partial charge is 0.484 e. The summed E-state index contributed by atoms with van der Waals surface area (Å²) < 4.78 is 8.08.